The fraction of sp³-hybridized carbons (Fsp3) is 0.450. The lowest BCUT2D eigenvalue weighted by molar-refractivity contribution is 0.435. The van der Waals surface area contributed by atoms with E-state index in [1.165, 1.54) is 195 Å². The second-order valence-electron chi connectivity index (χ2n) is 20.9. The molecule has 3 nitrogen and oxygen atoms in total. The van der Waals surface area contributed by atoms with Gasteiger partial charge in [-0.25, -0.2) is 15.0 Å². The van der Waals surface area contributed by atoms with Crippen LogP contribution in [0, 0.1) is 0 Å². The molecule has 0 aliphatic heterocycles. The monoisotopic (exact) mass is 830 g/mol. The van der Waals surface area contributed by atoms with E-state index >= 15 is 0 Å². The van der Waals surface area contributed by atoms with Gasteiger partial charge in [0.1, 0.15) is 0 Å². The first-order chi connectivity index (χ1) is 30.9. The van der Waals surface area contributed by atoms with E-state index in [2.05, 4.69) is 117 Å². The standard InChI is InChI=1S/C60H67N3/c1-60(2)55-29-16-15-28-53(55)54-31-30-45(39-56(54)60)44-26-17-27-46(32-44)57-61-58(51-35-47(40-18-7-3-8-19-40)33-48(36-51)41-20-9-4-10-21-41)63-59(62-57)52-37-49(42-22-11-5-12-23-42)34-50(38-52)43-24-13-6-14-25-43/h15-17,26-43H,3-14,18-25H2,1-2H3. The van der Waals surface area contributed by atoms with Gasteiger partial charge in [-0.1, -0.05) is 158 Å². The summed E-state index contributed by atoms with van der Waals surface area (Å²) in [5.74, 6) is 4.91. The highest BCUT2D eigenvalue weighted by Gasteiger charge is 2.35. The van der Waals surface area contributed by atoms with E-state index in [0.29, 0.717) is 23.7 Å². The van der Waals surface area contributed by atoms with Gasteiger partial charge >= 0.3 is 0 Å². The SMILES string of the molecule is CC1(C)c2ccccc2-c2ccc(-c3cccc(-c4nc(-c5cc(C6CCCCC6)cc(C6CCCCC6)c5)nc(-c5cc(C6CCCCC6)cc(C6CCCCC6)c5)n4)c3)cc21. The zero-order valence-electron chi connectivity index (χ0n) is 38.1. The first-order valence-electron chi connectivity index (χ1n) is 25.4. The molecule has 0 saturated heterocycles. The zero-order chi connectivity index (χ0) is 42.3. The molecule has 6 aromatic rings. The van der Waals surface area contributed by atoms with Crippen LogP contribution in [0.25, 0.3) is 56.4 Å². The van der Waals surface area contributed by atoms with Crippen molar-refractivity contribution in [3.05, 3.63) is 137 Å². The molecule has 63 heavy (non-hydrogen) atoms. The fourth-order valence-electron chi connectivity index (χ4n) is 12.8. The molecule has 5 aliphatic carbocycles. The molecule has 5 aliphatic rings. The molecule has 0 amide bonds. The summed E-state index contributed by atoms with van der Waals surface area (Å²) in [6.07, 6.45) is 26.4. The summed E-state index contributed by atoms with van der Waals surface area (Å²) in [5, 5.41) is 0. The smallest absolute Gasteiger partial charge is 0.164 e. The molecule has 0 radical (unpaired) electrons. The Bertz CT molecular complexity index is 2420. The third kappa shape index (κ3) is 8.24. The van der Waals surface area contributed by atoms with Crippen LogP contribution in [0.1, 0.15) is 199 Å². The normalized spacial score (nSPS) is 19.8. The van der Waals surface area contributed by atoms with Crippen LogP contribution in [0.3, 0.4) is 0 Å². The van der Waals surface area contributed by atoms with Crippen molar-refractivity contribution in [2.24, 2.45) is 0 Å². The number of hydrogen-bond acceptors (Lipinski definition) is 3. The highest BCUT2D eigenvalue weighted by atomic mass is 15.0. The second-order valence-corrected chi connectivity index (χ2v) is 20.9. The average Bonchev–Trinajstić information content (AvgIpc) is 3.59. The van der Waals surface area contributed by atoms with Gasteiger partial charge in [0.25, 0.3) is 0 Å². The first-order valence-corrected chi connectivity index (χ1v) is 25.4. The largest absolute Gasteiger partial charge is 0.208 e. The topological polar surface area (TPSA) is 38.7 Å². The summed E-state index contributed by atoms with van der Waals surface area (Å²) in [7, 11) is 0. The third-order valence-corrected chi connectivity index (χ3v) is 16.5. The molecule has 11 rings (SSSR count). The average molecular weight is 830 g/mol. The van der Waals surface area contributed by atoms with Crippen LogP contribution in [-0.2, 0) is 5.41 Å². The molecule has 4 fully saturated rings. The Morgan fingerprint density at radius 1 is 0.333 bits per heavy atom. The van der Waals surface area contributed by atoms with Crippen molar-refractivity contribution in [2.45, 2.75) is 171 Å². The van der Waals surface area contributed by atoms with Crippen LogP contribution in [0.15, 0.2) is 103 Å². The van der Waals surface area contributed by atoms with Crippen LogP contribution < -0.4 is 0 Å². The highest BCUT2D eigenvalue weighted by Crippen LogP contribution is 2.50. The lowest BCUT2D eigenvalue weighted by Gasteiger charge is -2.27. The molecule has 0 N–H and O–H groups in total. The predicted octanol–water partition coefficient (Wildman–Crippen LogP) is 17.0. The van der Waals surface area contributed by atoms with Gasteiger partial charge in [-0.3, -0.25) is 0 Å². The van der Waals surface area contributed by atoms with Crippen molar-refractivity contribution in [3.8, 4) is 56.4 Å². The summed E-state index contributed by atoms with van der Waals surface area (Å²) in [6.45, 7) is 4.75. The molecule has 3 heteroatoms. The maximum atomic E-state index is 5.58. The van der Waals surface area contributed by atoms with Crippen molar-refractivity contribution in [3.63, 3.8) is 0 Å². The summed E-state index contributed by atoms with van der Waals surface area (Å²) in [6, 6.07) is 40.2. The van der Waals surface area contributed by atoms with Crippen LogP contribution in [0.5, 0.6) is 0 Å². The van der Waals surface area contributed by atoms with Crippen molar-refractivity contribution < 1.29 is 0 Å². The molecule has 0 atom stereocenters. The van der Waals surface area contributed by atoms with E-state index in [1.807, 2.05) is 0 Å². The Kier molecular flexibility index (Phi) is 11.4. The summed E-state index contributed by atoms with van der Waals surface area (Å²) < 4.78 is 0. The van der Waals surface area contributed by atoms with Crippen LogP contribution in [0.4, 0.5) is 0 Å². The molecule has 0 unspecified atom stereocenters. The summed E-state index contributed by atoms with van der Waals surface area (Å²) in [4.78, 5) is 16.6. The number of aromatic nitrogens is 3. The third-order valence-electron chi connectivity index (χ3n) is 16.5. The number of fused-ring (bicyclic) bond motifs is 3. The van der Waals surface area contributed by atoms with Gasteiger partial charge in [-0.2, -0.15) is 0 Å². The first kappa shape index (κ1) is 40.9. The lowest BCUT2D eigenvalue weighted by Crippen LogP contribution is -2.14. The quantitative estimate of drug-likeness (QED) is 0.153. The number of nitrogens with zero attached hydrogens (tertiary/aromatic N) is 3. The molecular weight excluding hydrogens is 763 g/mol. The van der Waals surface area contributed by atoms with Crippen molar-refractivity contribution >= 4 is 0 Å². The van der Waals surface area contributed by atoms with E-state index < -0.39 is 0 Å². The van der Waals surface area contributed by atoms with Crippen molar-refractivity contribution in [1.82, 2.24) is 15.0 Å². The summed E-state index contributed by atoms with van der Waals surface area (Å²) >= 11 is 0. The van der Waals surface area contributed by atoms with Gasteiger partial charge in [-0.15, -0.1) is 0 Å². The Hall–Kier alpha value is -4.89. The minimum absolute atomic E-state index is 0.0527. The van der Waals surface area contributed by atoms with Crippen molar-refractivity contribution in [1.29, 1.82) is 0 Å². The maximum Gasteiger partial charge on any atom is 0.164 e. The van der Waals surface area contributed by atoms with Crippen LogP contribution in [-0.4, -0.2) is 15.0 Å². The van der Waals surface area contributed by atoms with Crippen molar-refractivity contribution in [2.75, 3.05) is 0 Å². The molecule has 322 valence electrons. The molecule has 5 aromatic carbocycles. The van der Waals surface area contributed by atoms with Gasteiger partial charge in [-0.05, 0) is 167 Å². The Labute approximate surface area is 377 Å². The fourth-order valence-corrected chi connectivity index (χ4v) is 12.8. The Morgan fingerprint density at radius 3 is 1.21 bits per heavy atom. The minimum atomic E-state index is -0.0527. The van der Waals surface area contributed by atoms with E-state index in [-0.39, 0.29) is 5.41 Å². The van der Waals surface area contributed by atoms with Gasteiger partial charge < -0.3 is 0 Å². The Balaban J connectivity index is 1.06. The van der Waals surface area contributed by atoms with Gasteiger partial charge in [0.05, 0.1) is 0 Å². The summed E-state index contributed by atoms with van der Waals surface area (Å²) in [5.41, 5.74) is 17.4. The molecule has 0 spiro atoms. The van der Waals surface area contributed by atoms with Gasteiger partial charge in [0.2, 0.25) is 0 Å². The zero-order valence-corrected chi connectivity index (χ0v) is 38.1. The highest BCUT2D eigenvalue weighted by molar-refractivity contribution is 5.84. The number of hydrogen-bond donors (Lipinski definition) is 0. The number of benzene rings is 5. The molecule has 0 bridgehead atoms. The molecule has 1 heterocycles. The maximum absolute atomic E-state index is 5.58. The molecule has 1 aromatic heterocycles. The number of rotatable bonds is 8. The van der Waals surface area contributed by atoms with E-state index in [4.69, 9.17) is 15.0 Å². The lowest BCUT2D eigenvalue weighted by atomic mass is 9.79. The van der Waals surface area contributed by atoms with E-state index in [9.17, 15) is 0 Å². The van der Waals surface area contributed by atoms with E-state index in [0.717, 1.165) is 23.0 Å². The Morgan fingerprint density at radius 2 is 0.730 bits per heavy atom. The van der Waals surface area contributed by atoms with Gasteiger partial charge in [0, 0.05) is 22.1 Å². The van der Waals surface area contributed by atoms with Crippen LogP contribution >= 0.6 is 0 Å². The minimum Gasteiger partial charge on any atom is -0.208 e. The predicted molar refractivity (Wildman–Crippen MR) is 262 cm³/mol. The second kappa shape index (κ2) is 17.6. The van der Waals surface area contributed by atoms with Gasteiger partial charge in [0.15, 0.2) is 17.5 Å². The molecular formula is C60H67N3. The molecule has 4 saturated carbocycles. The van der Waals surface area contributed by atoms with E-state index in [1.54, 1.807) is 0 Å². The van der Waals surface area contributed by atoms with Crippen LogP contribution in [0.2, 0.25) is 0 Å².